The summed E-state index contributed by atoms with van der Waals surface area (Å²) in [6.45, 7) is 0.862. The predicted molar refractivity (Wildman–Crippen MR) is 97.6 cm³/mol. The third-order valence-electron chi connectivity index (χ3n) is 5.67. The topological polar surface area (TPSA) is 21.3 Å². The van der Waals surface area contributed by atoms with Gasteiger partial charge in [0.1, 0.15) is 11.4 Å². The van der Waals surface area contributed by atoms with Crippen LogP contribution in [0.2, 0.25) is 0 Å². The highest BCUT2D eigenvalue weighted by Gasteiger charge is 2.52. The van der Waals surface area contributed by atoms with Crippen LogP contribution in [-0.2, 0) is 6.67 Å². The Labute approximate surface area is 144 Å². The van der Waals surface area contributed by atoms with Gasteiger partial charge in [-0.05, 0) is 24.3 Å². The molecule has 0 saturated carbocycles. The van der Waals surface area contributed by atoms with E-state index in [9.17, 15) is 0 Å². The number of pyridine rings is 1. The van der Waals surface area contributed by atoms with E-state index in [1.54, 1.807) is 0 Å². The van der Waals surface area contributed by atoms with Gasteiger partial charge in [0.25, 0.3) is 0 Å². The first-order valence-corrected chi connectivity index (χ1v) is 8.61. The molecule has 3 aliphatic heterocycles. The lowest BCUT2D eigenvalue weighted by Gasteiger charge is -2.26. The van der Waals surface area contributed by atoms with Crippen molar-refractivity contribution in [3.63, 3.8) is 0 Å². The van der Waals surface area contributed by atoms with Crippen molar-refractivity contribution in [3.05, 3.63) is 66.9 Å². The summed E-state index contributed by atoms with van der Waals surface area (Å²) < 4.78 is 11.2. The molecule has 25 heavy (non-hydrogen) atoms. The van der Waals surface area contributed by atoms with Crippen LogP contribution in [0.5, 0.6) is 5.75 Å². The second-order valence-corrected chi connectivity index (χ2v) is 6.87. The zero-order chi connectivity index (χ0) is 16.1. The second-order valence-electron chi connectivity index (χ2n) is 6.87. The van der Waals surface area contributed by atoms with Gasteiger partial charge in [-0.3, -0.25) is 4.57 Å². The molecule has 5 heterocycles. The molecule has 0 fully saturated rings. The van der Waals surface area contributed by atoms with Crippen LogP contribution >= 0.6 is 0 Å². The molecule has 0 N–H and O–H groups in total. The Kier molecular flexibility index (Phi) is 1.90. The molecular formula is C20H13BN3O+. The fourth-order valence-electron chi connectivity index (χ4n) is 4.72. The Morgan fingerprint density at radius 2 is 1.84 bits per heavy atom. The number of nitrogens with zero attached hydrogens (tertiary/aromatic N) is 3. The average Bonchev–Trinajstić information content (AvgIpc) is 3.31. The third kappa shape index (κ3) is 1.25. The van der Waals surface area contributed by atoms with E-state index < -0.39 is 0 Å². The zero-order valence-electron chi connectivity index (χ0n) is 13.4. The first-order chi connectivity index (χ1) is 12.4. The minimum Gasteiger partial charge on any atom is -0.536 e. The number of para-hydroxylation sites is 3. The van der Waals surface area contributed by atoms with Gasteiger partial charge in [-0.15, -0.1) is 0 Å². The number of anilines is 2. The standard InChI is InChI=1S/C20H13BN3O/c1-2-8-15-13(6-1)18-20-19-14(7-5-11-22(19)12-23(15)20)21-24(18)16-9-3-4-10-17(16)25-21/h1-11H,12H2/q+1. The van der Waals surface area contributed by atoms with Crippen LogP contribution in [0.15, 0.2) is 66.9 Å². The Bertz CT molecular complexity index is 1230. The van der Waals surface area contributed by atoms with Crippen LogP contribution in [0, 0.1) is 0 Å². The molecule has 0 amide bonds. The Hall–Kier alpha value is -3.21. The number of fused-ring (bicyclic) bond motifs is 8. The van der Waals surface area contributed by atoms with Crippen LogP contribution in [0.3, 0.4) is 0 Å². The number of rotatable bonds is 0. The van der Waals surface area contributed by atoms with E-state index in [4.69, 9.17) is 4.65 Å². The van der Waals surface area contributed by atoms with Gasteiger partial charge in [-0.1, -0.05) is 30.3 Å². The van der Waals surface area contributed by atoms with Gasteiger partial charge in [0, 0.05) is 11.5 Å². The van der Waals surface area contributed by atoms with Gasteiger partial charge in [0.05, 0.1) is 22.4 Å². The van der Waals surface area contributed by atoms with Crippen LogP contribution in [0.25, 0.3) is 22.3 Å². The molecule has 4 nitrogen and oxygen atoms in total. The van der Waals surface area contributed by atoms with Crippen molar-refractivity contribution >= 4 is 34.8 Å². The molecule has 3 aliphatic rings. The maximum atomic E-state index is 6.39. The fourth-order valence-corrected chi connectivity index (χ4v) is 4.72. The van der Waals surface area contributed by atoms with Gasteiger partial charge in [0.2, 0.25) is 12.4 Å². The monoisotopic (exact) mass is 322 g/mol. The Morgan fingerprint density at radius 3 is 2.84 bits per heavy atom. The first-order valence-electron chi connectivity index (χ1n) is 8.61. The zero-order valence-corrected chi connectivity index (χ0v) is 13.4. The van der Waals surface area contributed by atoms with E-state index in [1.807, 2.05) is 6.07 Å². The van der Waals surface area contributed by atoms with Gasteiger partial charge >= 0.3 is 7.05 Å². The van der Waals surface area contributed by atoms with E-state index in [1.165, 1.54) is 33.4 Å². The third-order valence-corrected chi connectivity index (χ3v) is 5.67. The van der Waals surface area contributed by atoms with Gasteiger partial charge in [0.15, 0.2) is 6.20 Å². The predicted octanol–water partition coefficient (Wildman–Crippen LogP) is 2.65. The van der Waals surface area contributed by atoms with Crippen LogP contribution < -0.4 is 19.5 Å². The molecule has 0 aliphatic carbocycles. The highest BCUT2D eigenvalue weighted by Crippen LogP contribution is 2.51. The van der Waals surface area contributed by atoms with Crippen LogP contribution in [0.4, 0.5) is 11.4 Å². The summed E-state index contributed by atoms with van der Waals surface area (Å²) >= 11 is 0. The maximum absolute atomic E-state index is 6.39. The van der Waals surface area contributed by atoms with Gasteiger partial charge in [-0.25, -0.2) is 0 Å². The molecule has 4 aromatic rings. The Balaban J connectivity index is 1.70. The van der Waals surface area contributed by atoms with Crippen molar-refractivity contribution < 1.29 is 9.22 Å². The molecule has 7 rings (SSSR count). The summed E-state index contributed by atoms with van der Waals surface area (Å²) in [7, 11) is -0.0929. The molecule has 0 saturated heterocycles. The molecule has 2 aromatic carbocycles. The molecule has 0 spiro atoms. The normalized spacial score (nSPS) is 15.2. The number of hydrogen-bond acceptors (Lipinski definition) is 2. The van der Waals surface area contributed by atoms with Gasteiger partial charge < -0.3 is 9.47 Å². The van der Waals surface area contributed by atoms with E-state index in [2.05, 4.69) is 74.7 Å². The summed E-state index contributed by atoms with van der Waals surface area (Å²) in [5.74, 6) is 0.958. The summed E-state index contributed by atoms with van der Waals surface area (Å²) in [4.78, 5) is 2.38. The summed E-state index contributed by atoms with van der Waals surface area (Å²) in [6, 6.07) is 21.4. The summed E-state index contributed by atoms with van der Waals surface area (Å²) in [6.07, 6.45) is 2.17. The smallest absolute Gasteiger partial charge is 0.531 e. The molecule has 0 atom stereocenters. The lowest BCUT2D eigenvalue weighted by atomic mass is 9.67. The minimum atomic E-state index is -0.0929. The number of aromatic nitrogens is 2. The van der Waals surface area contributed by atoms with Crippen molar-refractivity contribution in [2.24, 2.45) is 0 Å². The lowest BCUT2D eigenvalue weighted by Crippen LogP contribution is -2.53. The van der Waals surface area contributed by atoms with E-state index in [-0.39, 0.29) is 7.05 Å². The average molecular weight is 322 g/mol. The van der Waals surface area contributed by atoms with Crippen molar-refractivity contribution in [3.8, 4) is 17.1 Å². The maximum Gasteiger partial charge on any atom is 0.531 e. The number of benzene rings is 2. The lowest BCUT2D eigenvalue weighted by molar-refractivity contribution is -0.681. The SMILES string of the molecule is c1ccc2c(c1)OB1c3ccc[n+]4c3-c3c(c5ccccc5n3C4)N12. The molecule has 2 aromatic heterocycles. The van der Waals surface area contributed by atoms with Crippen molar-refractivity contribution in [2.45, 2.75) is 6.67 Å². The van der Waals surface area contributed by atoms with E-state index in [0.29, 0.717) is 0 Å². The number of hydrogen-bond donors (Lipinski definition) is 0. The largest absolute Gasteiger partial charge is 0.536 e. The Morgan fingerprint density at radius 1 is 0.960 bits per heavy atom. The summed E-state index contributed by atoms with van der Waals surface area (Å²) in [5.41, 5.74) is 7.56. The van der Waals surface area contributed by atoms with Gasteiger partial charge in [-0.2, -0.15) is 4.57 Å². The van der Waals surface area contributed by atoms with Crippen molar-refractivity contribution in [1.82, 2.24) is 4.57 Å². The fraction of sp³-hybridized carbons (Fsp3) is 0.0500. The van der Waals surface area contributed by atoms with E-state index in [0.717, 1.165) is 18.1 Å². The second kappa shape index (κ2) is 3.89. The van der Waals surface area contributed by atoms with Crippen molar-refractivity contribution in [2.75, 3.05) is 4.81 Å². The highest BCUT2D eigenvalue weighted by atomic mass is 16.5. The molecule has 116 valence electrons. The first kappa shape index (κ1) is 12.2. The molecule has 5 heteroatoms. The van der Waals surface area contributed by atoms with Crippen LogP contribution in [-0.4, -0.2) is 11.6 Å². The molecular weight excluding hydrogens is 309 g/mol. The highest BCUT2D eigenvalue weighted by molar-refractivity contribution is 6.77. The van der Waals surface area contributed by atoms with Crippen LogP contribution in [0.1, 0.15) is 0 Å². The molecule has 0 unspecified atom stereocenters. The minimum absolute atomic E-state index is 0.0929. The van der Waals surface area contributed by atoms with E-state index >= 15 is 0 Å². The van der Waals surface area contributed by atoms with Crippen molar-refractivity contribution in [1.29, 1.82) is 0 Å². The summed E-state index contributed by atoms with van der Waals surface area (Å²) in [5, 5.41) is 1.29. The molecule has 0 radical (unpaired) electrons. The molecule has 0 bridgehead atoms. The quantitative estimate of drug-likeness (QED) is 0.323.